The third-order valence-corrected chi connectivity index (χ3v) is 3.82. The largest absolute Gasteiger partial charge is 0.448 e. The molecule has 6 nitrogen and oxygen atoms in total. The minimum absolute atomic E-state index is 0.215. The smallest absolute Gasteiger partial charge is 0.433 e. The molecule has 2 amide bonds. The quantitative estimate of drug-likeness (QED) is 0.825. The van der Waals surface area contributed by atoms with Gasteiger partial charge in [0.25, 0.3) is 0 Å². The maximum atomic E-state index is 12.3. The predicted molar refractivity (Wildman–Crippen MR) is 92.0 cm³/mol. The molecule has 1 unspecified atom stereocenters. The average molecular weight is 334 g/mol. The monoisotopic (exact) mass is 334 g/mol. The van der Waals surface area contributed by atoms with Crippen LogP contribution in [0.25, 0.3) is 0 Å². The van der Waals surface area contributed by atoms with Crippen LogP contribution in [0.4, 0.5) is 15.3 Å². The lowest BCUT2D eigenvalue weighted by Crippen LogP contribution is -2.48. The van der Waals surface area contributed by atoms with E-state index in [1.165, 1.54) is 11.1 Å². The van der Waals surface area contributed by atoms with Crippen molar-refractivity contribution in [2.75, 3.05) is 11.6 Å². The van der Waals surface area contributed by atoms with Gasteiger partial charge < -0.3 is 9.47 Å². The lowest BCUT2D eigenvalue weighted by Gasteiger charge is -2.26. The van der Waals surface area contributed by atoms with Crippen molar-refractivity contribution in [1.29, 1.82) is 0 Å². The molecule has 0 spiro atoms. The number of benzene rings is 1. The van der Waals surface area contributed by atoms with Gasteiger partial charge >= 0.3 is 12.2 Å². The predicted octanol–water partition coefficient (Wildman–Crippen LogP) is 4.14. The molecule has 1 aromatic carbocycles. The van der Waals surface area contributed by atoms with E-state index in [-0.39, 0.29) is 6.61 Å². The highest BCUT2D eigenvalue weighted by atomic mass is 16.6. The summed E-state index contributed by atoms with van der Waals surface area (Å²) < 4.78 is 10.3. The van der Waals surface area contributed by atoms with Crippen LogP contribution >= 0.6 is 0 Å². The Morgan fingerprint density at radius 1 is 1.33 bits per heavy atom. The molecule has 6 heteroatoms. The second kappa shape index (κ2) is 7.11. The zero-order valence-corrected chi connectivity index (χ0v) is 15.0. The molecule has 132 valence electrons. The van der Waals surface area contributed by atoms with E-state index >= 15 is 0 Å². The van der Waals surface area contributed by atoms with Crippen LogP contribution in [0.3, 0.4) is 0 Å². The van der Waals surface area contributed by atoms with Crippen molar-refractivity contribution >= 4 is 17.9 Å². The van der Waals surface area contributed by atoms with Crippen molar-refractivity contribution in [3.63, 3.8) is 0 Å². The summed E-state index contributed by atoms with van der Waals surface area (Å²) in [5.41, 5.74) is 4.87. The Hall–Kier alpha value is -2.24. The van der Waals surface area contributed by atoms with Crippen molar-refractivity contribution in [2.45, 2.75) is 59.0 Å². The Morgan fingerprint density at radius 3 is 2.67 bits per heavy atom. The second-order valence-corrected chi connectivity index (χ2v) is 6.97. The zero-order valence-electron chi connectivity index (χ0n) is 15.0. The normalized spacial score (nSPS) is 16.3. The number of nitrogens with zero attached hydrogens (tertiary/aromatic N) is 1. The van der Waals surface area contributed by atoms with E-state index in [1.807, 2.05) is 18.2 Å². The van der Waals surface area contributed by atoms with Crippen LogP contribution in [0, 0.1) is 0 Å². The fourth-order valence-corrected chi connectivity index (χ4v) is 2.73. The summed E-state index contributed by atoms with van der Waals surface area (Å²) in [6, 6.07) is 5.74. The first-order valence-corrected chi connectivity index (χ1v) is 8.30. The van der Waals surface area contributed by atoms with E-state index in [9.17, 15) is 9.59 Å². The molecule has 0 saturated heterocycles. The van der Waals surface area contributed by atoms with Gasteiger partial charge in [0.05, 0.1) is 12.3 Å². The Bertz CT molecular complexity index is 622. The topological polar surface area (TPSA) is 67.9 Å². The Labute approximate surface area is 143 Å². The van der Waals surface area contributed by atoms with Gasteiger partial charge in [-0.1, -0.05) is 13.0 Å². The van der Waals surface area contributed by atoms with Crippen LogP contribution in [0.2, 0.25) is 0 Å². The van der Waals surface area contributed by atoms with Crippen LogP contribution in [0.5, 0.6) is 0 Å². The SMILES string of the molecule is CCOC(=O)N(NC(=O)OC(C)(C)C)c1ccc2c(c1)C(C)CC2. The molecule has 24 heavy (non-hydrogen) atoms. The first-order chi connectivity index (χ1) is 11.2. The molecular formula is C18H26N2O4. The molecule has 1 atom stereocenters. The molecular weight excluding hydrogens is 308 g/mol. The summed E-state index contributed by atoms with van der Waals surface area (Å²) >= 11 is 0. The molecule has 0 aliphatic heterocycles. The maximum absolute atomic E-state index is 12.3. The Kier molecular flexibility index (Phi) is 5.36. The fraction of sp³-hybridized carbons (Fsp3) is 0.556. The number of rotatable bonds is 2. The van der Waals surface area contributed by atoms with E-state index in [0.29, 0.717) is 11.6 Å². The highest BCUT2D eigenvalue weighted by Crippen LogP contribution is 2.35. The van der Waals surface area contributed by atoms with Gasteiger partial charge in [-0.25, -0.2) is 15.0 Å². The number of ether oxygens (including phenoxy) is 2. The van der Waals surface area contributed by atoms with Gasteiger partial charge in [-0.2, -0.15) is 5.01 Å². The molecule has 2 rings (SSSR count). The van der Waals surface area contributed by atoms with Crippen molar-refractivity contribution in [2.24, 2.45) is 0 Å². The van der Waals surface area contributed by atoms with Crippen LogP contribution < -0.4 is 10.4 Å². The number of carbonyl (C=O) groups is 2. The van der Waals surface area contributed by atoms with E-state index in [2.05, 4.69) is 12.3 Å². The highest BCUT2D eigenvalue weighted by molar-refractivity contribution is 5.90. The van der Waals surface area contributed by atoms with Gasteiger partial charge in [0.1, 0.15) is 5.60 Å². The van der Waals surface area contributed by atoms with E-state index in [1.54, 1.807) is 27.7 Å². The van der Waals surface area contributed by atoms with Gasteiger partial charge in [-0.15, -0.1) is 0 Å². The van der Waals surface area contributed by atoms with Crippen molar-refractivity contribution in [3.8, 4) is 0 Å². The van der Waals surface area contributed by atoms with E-state index in [0.717, 1.165) is 17.9 Å². The number of amides is 2. The summed E-state index contributed by atoms with van der Waals surface area (Å²) in [5.74, 6) is 0.436. The number of hydrazine groups is 1. The number of hydrogen-bond donors (Lipinski definition) is 1. The summed E-state index contributed by atoms with van der Waals surface area (Å²) in [6.07, 6.45) is 0.783. The number of nitrogens with one attached hydrogen (secondary N) is 1. The summed E-state index contributed by atoms with van der Waals surface area (Å²) in [4.78, 5) is 24.3. The molecule has 0 fully saturated rings. The number of hydrogen-bond acceptors (Lipinski definition) is 4. The van der Waals surface area contributed by atoms with E-state index in [4.69, 9.17) is 9.47 Å². The van der Waals surface area contributed by atoms with Gasteiger partial charge in [-0.05, 0) is 69.7 Å². The molecule has 0 saturated carbocycles. The molecule has 0 radical (unpaired) electrons. The number of carbonyl (C=O) groups excluding carboxylic acids is 2. The van der Waals surface area contributed by atoms with E-state index < -0.39 is 17.8 Å². The average Bonchev–Trinajstić information content (AvgIpc) is 2.84. The number of anilines is 1. The van der Waals surface area contributed by atoms with Gasteiger partial charge in [0.2, 0.25) is 0 Å². The maximum Gasteiger partial charge on any atom is 0.433 e. The van der Waals surface area contributed by atoms with Crippen LogP contribution in [-0.4, -0.2) is 24.4 Å². The number of aryl methyl sites for hydroxylation is 1. The standard InChI is InChI=1S/C18H26N2O4/c1-6-23-17(22)20(19-16(21)24-18(3,4)5)14-10-9-13-8-7-12(2)15(13)11-14/h9-12H,6-8H2,1-5H3,(H,19,21). The van der Waals surface area contributed by atoms with Crippen LogP contribution in [0.1, 0.15) is 58.1 Å². The first kappa shape index (κ1) is 18.1. The van der Waals surface area contributed by atoms with Crippen molar-refractivity contribution in [3.05, 3.63) is 29.3 Å². The molecule has 0 aromatic heterocycles. The summed E-state index contributed by atoms with van der Waals surface area (Å²) in [5, 5.41) is 1.10. The fourth-order valence-electron chi connectivity index (χ4n) is 2.73. The zero-order chi connectivity index (χ0) is 17.9. The molecule has 1 aliphatic rings. The third-order valence-electron chi connectivity index (χ3n) is 3.82. The third kappa shape index (κ3) is 4.40. The molecule has 0 bridgehead atoms. The van der Waals surface area contributed by atoms with Crippen molar-refractivity contribution in [1.82, 2.24) is 5.43 Å². The summed E-state index contributed by atoms with van der Waals surface area (Å²) in [6.45, 7) is 9.38. The molecule has 1 aromatic rings. The Morgan fingerprint density at radius 2 is 2.04 bits per heavy atom. The molecule has 0 heterocycles. The summed E-state index contributed by atoms with van der Waals surface area (Å²) in [7, 11) is 0. The lowest BCUT2D eigenvalue weighted by molar-refractivity contribution is 0.0513. The minimum Gasteiger partial charge on any atom is -0.448 e. The molecule has 1 aliphatic carbocycles. The van der Waals surface area contributed by atoms with Crippen molar-refractivity contribution < 1.29 is 19.1 Å². The number of fused-ring (bicyclic) bond motifs is 1. The minimum atomic E-state index is -0.705. The van der Waals surface area contributed by atoms with Gasteiger partial charge in [0, 0.05) is 0 Å². The van der Waals surface area contributed by atoms with Gasteiger partial charge in [0.15, 0.2) is 0 Å². The first-order valence-electron chi connectivity index (χ1n) is 8.30. The highest BCUT2D eigenvalue weighted by Gasteiger charge is 2.26. The molecule has 1 N–H and O–H groups in total. The van der Waals surface area contributed by atoms with Crippen LogP contribution in [0.15, 0.2) is 18.2 Å². The van der Waals surface area contributed by atoms with Crippen LogP contribution in [-0.2, 0) is 15.9 Å². The Balaban J connectivity index is 2.25. The lowest BCUT2D eigenvalue weighted by atomic mass is 10.0. The second-order valence-electron chi connectivity index (χ2n) is 6.97. The van der Waals surface area contributed by atoms with Gasteiger partial charge in [-0.3, -0.25) is 0 Å².